The molecule has 3 nitrogen and oxygen atoms in total. The van der Waals surface area contributed by atoms with E-state index in [2.05, 4.69) is 0 Å². The van der Waals surface area contributed by atoms with Crippen molar-refractivity contribution in [3.63, 3.8) is 0 Å². The van der Waals surface area contributed by atoms with Gasteiger partial charge in [-0.2, -0.15) is 0 Å². The molecule has 2 aromatic carbocycles. The molecule has 0 radical (unpaired) electrons. The second-order valence-electron chi connectivity index (χ2n) is 4.81. The predicted octanol–water partition coefficient (Wildman–Crippen LogP) is 3.30. The molecule has 2 aromatic rings. The third-order valence-electron chi connectivity index (χ3n) is 3.39. The zero-order valence-electron chi connectivity index (χ0n) is 11.1. The molecule has 0 aromatic heterocycles. The minimum atomic E-state index is -0.269. The molecule has 1 unspecified atom stereocenters. The topological polar surface area (TPSA) is 35.5 Å². The van der Waals surface area contributed by atoms with Crippen LogP contribution in [0.25, 0.3) is 0 Å². The third kappa shape index (κ3) is 2.82. The molecular formula is C17H16O3. The van der Waals surface area contributed by atoms with E-state index in [1.807, 2.05) is 54.6 Å². The summed E-state index contributed by atoms with van der Waals surface area (Å²) in [5.41, 5.74) is 2.10. The summed E-state index contributed by atoms with van der Waals surface area (Å²) in [5, 5.41) is 0. The number of hydrogen-bond acceptors (Lipinski definition) is 3. The number of hydrogen-bond donors (Lipinski definition) is 0. The number of fused-ring (bicyclic) bond motifs is 1. The van der Waals surface area contributed by atoms with Crippen molar-refractivity contribution in [2.75, 3.05) is 6.61 Å². The smallest absolute Gasteiger partial charge is 0.306 e. The van der Waals surface area contributed by atoms with Crippen LogP contribution in [0.2, 0.25) is 0 Å². The van der Waals surface area contributed by atoms with Crippen LogP contribution in [0.3, 0.4) is 0 Å². The van der Waals surface area contributed by atoms with Crippen molar-refractivity contribution in [1.82, 2.24) is 0 Å². The minimum absolute atomic E-state index is 0.181. The van der Waals surface area contributed by atoms with Crippen LogP contribution in [0, 0.1) is 0 Å². The molecule has 0 spiro atoms. The van der Waals surface area contributed by atoms with E-state index in [4.69, 9.17) is 9.47 Å². The molecule has 0 saturated carbocycles. The van der Waals surface area contributed by atoms with Crippen LogP contribution in [0.4, 0.5) is 0 Å². The van der Waals surface area contributed by atoms with Crippen molar-refractivity contribution in [3.8, 4) is 5.75 Å². The molecule has 0 fully saturated rings. The second-order valence-corrected chi connectivity index (χ2v) is 4.81. The van der Waals surface area contributed by atoms with Gasteiger partial charge in [-0.25, -0.2) is 0 Å². The number of para-hydroxylation sites is 1. The van der Waals surface area contributed by atoms with Crippen molar-refractivity contribution < 1.29 is 14.3 Å². The van der Waals surface area contributed by atoms with E-state index >= 15 is 0 Å². The second kappa shape index (κ2) is 5.78. The first-order valence-corrected chi connectivity index (χ1v) is 6.78. The molecule has 0 amide bonds. The fourth-order valence-corrected chi connectivity index (χ4v) is 2.34. The quantitative estimate of drug-likeness (QED) is 0.798. The fourth-order valence-electron chi connectivity index (χ4n) is 2.34. The van der Waals surface area contributed by atoms with Gasteiger partial charge >= 0.3 is 5.97 Å². The Labute approximate surface area is 118 Å². The van der Waals surface area contributed by atoms with E-state index in [1.165, 1.54) is 0 Å². The van der Waals surface area contributed by atoms with Gasteiger partial charge in [0.25, 0.3) is 0 Å². The highest BCUT2D eigenvalue weighted by Crippen LogP contribution is 2.34. The number of carbonyl (C=O) groups excluding carboxylic acids is 1. The van der Waals surface area contributed by atoms with Crippen LogP contribution >= 0.6 is 0 Å². The average Bonchev–Trinajstić information content (AvgIpc) is 2.90. The largest absolute Gasteiger partial charge is 0.489 e. The highest BCUT2D eigenvalue weighted by atomic mass is 16.6. The summed E-state index contributed by atoms with van der Waals surface area (Å²) >= 11 is 0. The summed E-state index contributed by atoms with van der Waals surface area (Å²) in [4.78, 5) is 11.9. The zero-order chi connectivity index (χ0) is 13.8. The van der Waals surface area contributed by atoms with Gasteiger partial charge in [0.1, 0.15) is 12.4 Å². The molecule has 20 heavy (non-hydrogen) atoms. The van der Waals surface area contributed by atoms with Crippen LogP contribution < -0.4 is 4.74 Å². The first-order chi connectivity index (χ1) is 9.83. The van der Waals surface area contributed by atoms with Gasteiger partial charge in [-0.1, -0.05) is 48.5 Å². The number of aryl methyl sites for hydroxylation is 1. The maximum Gasteiger partial charge on any atom is 0.306 e. The van der Waals surface area contributed by atoms with Crippen LogP contribution in [0.1, 0.15) is 23.7 Å². The maximum atomic E-state index is 11.9. The number of rotatable bonds is 4. The van der Waals surface area contributed by atoms with Gasteiger partial charge in [-0.15, -0.1) is 0 Å². The standard InChI is InChI=1S/C17H16O3/c18-17(11-10-13-6-2-1-3-7-13)20-16-12-19-15-9-5-4-8-14(15)16/h1-9,16H,10-12H2. The lowest BCUT2D eigenvalue weighted by atomic mass is 10.1. The third-order valence-corrected chi connectivity index (χ3v) is 3.39. The molecule has 0 saturated heterocycles. The summed E-state index contributed by atoms with van der Waals surface area (Å²) in [6.07, 6.45) is 0.826. The summed E-state index contributed by atoms with van der Waals surface area (Å²) in [7, 11) is 0. The van der Waals surface area contributed by atoms with Crippen LogP contribution in [0.5, 0.6) is 5.75 Å². The number of ether oxygens (including phenoxy) is 2. The lowest BCUT2D eigenvalue weighted by Crippen LogP contribution is -2.13. The molecule has 0 aliphatic carbocycles. The zero-order valence-corrected chi connectivity index (χ0v) is 11.1. The summed E-state index contributed by atoms with van der Waals surface area (Å²) in [6, 6.07) is 17.6. The molecule has 102 valence electrons. The first kappa shape index (κ1) is 12.7. The van der Waals surface area contributed by atoms with Crippen molar-refractivity contribution in [1.29, 1.82) is 0 Å². The van der Waals surface area contributed by atoms with E-state index in [0.29, 0.717) is 19.4 Å². The molecule has 3 rings (SSSR count). The molecule has 1 heterocycles. The number of esters is 1. The monoisotopic (exact) mass is 268 g/mol. The van der Waals surface area contributed by atoms with Crippen LogP contribution in [-0.2, 0) is 16.0 Å². The summed E-state index contributed by atoms with van der Waals surface area (Å²) < 4.78 is 11.0. The minimum Gasteiger partial charge on any atom is -0.489 e. The molecule has 0 N–H and O–H groups in total. The Morgan fingerprint density at radius 2 is 1.85 bits per heavy atom. The van der Waals surface area contributed by atoms with Gasteiger partial charge in [0.05, 0.1) is 0 Å². The molecule has 1 aliphatic rings. The Balaban J connectivity index is 1.55. The van der Waals surface area contributed by atoms with E-state index in [9.17, 15) is 4.79 Å². The van der Waals surface area contributed by atoms with E-state index in [-0.39, 0.29) is 12.1 Å². The maximum absolute atomic E-state index is 11.9. The normalized spacial score (nSPS) is 16.3. The SMILES string of the molecule is O=C(CCc1ccccc1)OC1COc2ccccc21. The highest BCUT2D eigenvalue weighted by molar-refractivity contribution is 5.70. The Bertz CT molecular complexity index is 592. The van der Waals surface area contributed by atoms with E-state index < -0.39 is 0 Å². The lowest BCUT2D eigenvalue weighted by Gasteiger charge is -2.11. The van der Waals surface area contributed by atoms with Gasteiger partial charge in [-0.3, -0.25) is 4.79 Å². The predicted molar refractivity (Wildman–Crippen MR) is 75.5 cm³/mol. The molecule has 1 atom stereocenters. The number of benzene rings is 2. The Hall–Kier alpha value is -2.29. The van der Waals surface area contributed by atoms with Gasteiger partial charge in [0.15, 0.2) is 6.10 Å². The fraction of sp³-hybridized carbons (Fsp3) is 0.235. The first-order valence-electron chi connectivity index (χ1n) is 6.78. The van der Waals surface area contributed by atoms with Gasteiger partial charge in [0, 0.05) is 12.0 Å². The van der Waals surface area contributed by atoms with Crippen molar-refractivity contribution in [2.24, 2.45) is 0 Å². The summed E-state index contributed by atoms with van der Waals surface area (Å²) in [6.45, 7) is 0.413. The van der Waals surface area contributed by atoms with Crippen molar-refractivity contribution >= 4 is 5.97 Å². The Kier molecular flexibility index (Phi) is 3.68. The van der Waals surface area contributed by atoms with Gasteiger partial charge in [0.2, 0.25) is 0 Å². The summed E-state index contributed by atoms with van der Waals surface area (Å²) in [5.74, 6) is 0.632. The average molecular weight is 268 g/mol. The van der Waals surface area contributed by atoms with Crippen molar-refractivity contribution in [3.05, 3.63) is 65.7 Å². The van der Waals surface area contributed by atoms with E-state index in [0.717, 1.165) is 16.9 Å². The Morgan fingerprint density at radius 3 is 2.70 bits per heavy atom. The van der Waals surface area contributed by atoms with Crippen LogP contribution in [0.15, 0.2) is 54.6 Å². The lowest BCUT2D eigenvalue weighted by molar-refractivity contribution is -0.149. The number of carbonyl (C=O) groups is 1. The van der Waals surface area contributed by atoms with Gasteiger partial charge in [-0.05, 0) is 18.1 Å². The van der Waals surface area contributed by atoms with Gasteiger partial charge < -0.3 is 9.47 Å². The highest BCUT2D eigenvalue weighted by Gasteiger charge is 2.26. The molecule has 3 heteroatoms. The molecule has 0 bridgehead atoms. The van der Waals surface area contributed by atoms with Crippen molar-refractivity contribution in [2.45, 2.75) is 18.9 Å². The molecule has 1 aliphatic heterocycles. The van der Waals surface area contributed by atoms with E-state index in [1.54, 1.807) is 0 Å². The van der Waals surface area contributed by atoms with Crippen LogP contribution in [-0.4, -0.2) is 12.6 Å². The Morgan fingerprint density at radius 1 is 1.10 bits per heavy atom. The molecular weight excluding hydrogens is 252 g/mol.